The highest BCUT2D eigenvalue weighted by Crippen LogP contribution is 2.37. The average molecular weight is 291 g/mol. The molecule has 0 spiro atoms. The van der Waals surface area contributed by atoms with Crippen molar-refractivity contribution in [2.45, 2.75) is 44.7 Å². The standard InChI is InChI=1S/C17H25NO3/c1-11(2)16(17(19)21-4)18-14-9-13(10-14)12-5-7-15(20-3)8-6-12/h5-8,11,13-14,16,18H,9-10H2,1-4H3. The van der Waals surface area contributed by atoms with Crippen molar-refractivity contribution < 1.29 is 14.3 Å². The van der Waals surface area contributed by atoms with E-state index in [0.717, 1.165) is 18.6 Å². The van der Waals surface area contributed by atoms with Crippen LogP contribution in [0.15, 0.2) is 24.3 Å². The lowest BCUT2D eigenvalue weighted by Gasteiger charge is -2.39. The van der Waals surface area contributed by atoms with E-state index in [1.165, 1.54) is 12.7 Å². The number of benzene rings is 1. The second-order valence-corrected chi connectivity index (χ2v) is 6.05. The number of carbonyl (C=O) groups is 1. The summed E-state index contributed by atoms with van der Waals surface area (Å²) in [6.45, 7) is 4.07. The molecular formula is C17H25NO3. The average Bonchev–Trinajstić information content (AvgIpc) is 2.45. The van der Waals surface area contributed by atoms with Crippen molar-refractivity contribution in [3.63, 3.8) is 0 Å². The molecule has 1 N–H and O–H groups in total. The van der Waals surface area contributed by atoms with Crippen LogP contribution in [-0.4, -0.2) is 32.3 Å². The number of carbonyl (C=O) groups excluding carboxylic acids is 1. The highest BCUT2D eigenvalue weighted by Gasteiger charge is 2.34. The van der Waals surface area contributed by atoms with Crippen molar-refractivity contribution in [1.82, 2.24) is 5.32 Å². The number of ether oxygens (including phenoxy) is 2. The molecule has 4 heteroatoms. The van der Waals surface area contributed by atoms with Gasteiger partial charge in [0.05, 0.1) is 14.2 Å². The second kappa shape index (κ2) is 6.94. The summed E-state index contributed by atoms with van der Waals surface area (Å²) in [7, 11) is 3.12. The Hall–Kier alpha value is -1.55. The molecule has 0 saturated heterocycles. The zero-order chi connectivity index (χ0) is 15.4. The summed E-state index contributed by atoms with van der Waals surface area (Å²) >= 11 is 0. The normalized spacial score (nSPS) is 22.5. The Bertz CT molecular complexity index is 463. The molecule has 1 aromatic rings. The summed E-state index contributed by atoms with van der Waals surface area (Å²) in [4.78, 5) is 11.8. The van der Waals surface area contributed by atoms with E-state index in [1.807, 2.05) is 26.0 Å². The van der Waals surface area contributed by atoms with Gasteiger partial charge >= 0.3 is 5.97 Å². The van der Waals surface area contributed by atoms with Gasteiger partial charge < -0.3 is 14.8 Å². The molecule has 0 aliphatic heterocycles. The third-order valence-corrected chi connectivity index (χ3v) is 4.26. The Morgan fingerprint density at radius 3 is 2.29 bits per heavy atom. The van der Waals surface area contributed by atoms with Crippen LogP contribution in [0, 0.1) is 5.92 Å². The Balaban J connectivity index is 1.86. The van der Waals surface area contributed by atoms with Crippen molar-refractivity contribution in [2.24, 2.45) is 5.92 Å². The van der Waals surface area contributed by atoms with Crippen molar-refractivity contribution in [1.29, 1.82) is 0 Å². The lowest BCUT2D eigenvalue weighted by molar-refractivity contribution is -0.144. The third-order valence-electron chi connectivity index (χ3n) is 4.26. The maximum atomic E-state index is 11.8. The summed E-state index contributed by atoms with van der Waals surface area (Å²) in [5, 5.41) is 3.43. The molecule has 116 valence electrons. The van der Waals surface area contributed by atoms with E-state index in [-0.39, 0.29) is 17.9 Å². The largest absolute Gasteiger partial charge is 0.497 e. The first-order valence-corrected chi connectivity index (χ1v) is 7.53. The monoisotopic (exact) mass is 291 g/mol. The van der Waals surface area contributed by atoms with E-state index < -0.39 is 0 Å². The number of hydrogen-bond acceptors (Lipinski definition) is 4. The lowest BCUT2D eigenvalue weighted by Crippen LogP contribution is -2.51. The van der Waals surface area contributed by atoms with Crippen LogP contribution in [0.3, 0.4) is 0 Å². The molecule has 21 heavy (non-hydrogen) atoms. The van der Waals surface area contributed by atoms with Crippen molar-refractivity contribution in [3.05, 3.63) is 29.8 Å². The molecule has 1 atom stereocenters. The third kappa shape index (κ3) is 3.76. The predicted octanol–water partition coefficient (Wildman–Crippen LogP) is 2.73. The van der Waals surface area contributed by atoms with Gasteiger partial charge in [-0.2, -0.15) is 0 Å². The summed E-state index contributed by atoms with van der Waals surface area (Å²) in [5.74, 6) is 1.52. The van der Waals surface area contributed by atoms with Gasteiger partial charge in [-0.05, 0) is 42.4 Å². The van der Waals surface area contributed by atoms with Crippen LogP contribution in [0.25, 0.3) is 0 Å². The molecule has 1 aromatic carbocycles. The number of methoxy groups -OCH3 is 2. The Morgan fingerprint density at radius 2 is 1.81 bits per heavy atom. The molecule has 0 aromatic heterocycles. The molecule has 1 fully saturated rings. The van der Waals surface area contributed by atoms with Crippen LogP contribution in [0.2, 0.25) is 0 Å². The first-order chi connectivity index (χ1) is 10.0. The maximum Gasteiger partial charge on any atom is 0.323 e. The quantitative estimate of drug-likeness (QED) is 0.819. The molecule has 0 bridgehead atoms. The molecule has 0 amide bonds. The van der Waals surface area contributed by atoms with E-state index >= 15 is 0 Å². The van der Waals surface area contributed by atoms with Crippen LogP contribution >= 0.6 is 0 Å². The van der Waals surface area contributed by atoms with E-state index in [1.54, 1.807) is 7.11 Å². The number of esters is 1. The van der Waals surface area contributed by atoms with Crippen molar-refractivity contribution in [2.75, 3.05) is 14.2 Å². The number of hydrogen-bond donors (Lipinski definition) is 1. The van der Waals surface area contributed by atoms with E-state index in [4.69, 9.17) is 9.47 Å². The van der Waals surface area contributed by atoms with Crippen LogP contribution in [-0.2, 0) is 9.53 Å². The molecule has 0 heterocycles. The topological polar surface area (TPSA) is 47.6 Å². The van der Waals surface area contributed by atoms with E-state index in [9.17, 15) is 4.79 Å². The SMILES string of the molecule is COC(=O)C(NC1CC(c2ccc(OC)cc2)C1)C(C)C. The molecular weight excluding hydrogens is 266 g/mol. The van der Waals surface area contributed by atoms with Crippen LogP contribution in [0.4, 0.5) is 0 Å². The van der Waals surface area contributed by atoms with Crippen molar-refractivity contribution >= 4 is 5.97 Å². The summed E-state index contributed by atoms with van der Waals surface area (Å²) in [5.41, 5.74) is 1.34. The molecule has 0 radical (unpaired) electrons. The van der Waals surface area contributed by atoms with E-state index in [2.05, 4.69) is 17.4 Å². The minimum absolute atomic E-state index is 0.169. The van der Waals surface area contributed by atoms with Gasteiger partial charge in [0.2, 0.25) is 0 Å². The molecule has 1 unspecified atom stereocenters. The fourth-order valence-electron chi connectivity index (χ4n) is 2.82. The number of rotatable bonds is 6. The summed E-state index contributed by atoms with van der Waals surface area (Å²) in [6.07, 6.45) is 2.12. The summed E-state index contributed by atoms with van der Waals surface area (Å²) in [6, 6.07) is 8.43. The van der Waals surface area contributed by atoms with Gasteiger partial charge in [-0.3, -0.25) is 4.79 Å². The molecule has 1 aliphatic rings. The predicted molar refractivity (Wildman–Crippen MR) is 82.5 cm³/mol. The Kier molecular flexibility index (Phi) is 5.23. The maximum absolute atomic E-state index is 11.8. The minimum atomic E-state index is -0.211. The molecule has 2 rings (SSSR count). The smallest absolute Gasteiger partial charge is 0.323 e. The van der Waals surface area contributed by atoms with E-state index in [0.29, 0.717) is 12.0 Å². The van der Waals surface area contributed by atoms with Crippen LogP contribution in [0.5, 0.6) is 5.75 Å². The highest BCUT2D eigenvalue weighted by molar-refractivity contribution is 5.76. The molecule has 1 aliphatic carbocycles. The van der Waals surface area contributed by atoms with Gasteiger partial charge in [-0.25, -0.2) is 0 Å². The highest BCUT2D eigenvalue weighted by atomic mass is 16.5. The van der Waals surface area contributed by atoms with Gasteiger partial charge in [0, 0.05) is 6.04 Å². The van der Waals surface area contributed by atoms with Gasteiger partial charge in [0.15, 0.2) is 0 Å². The fraction of sp³-hybridized carbons (Fsp3) is 0.588. The summed E-state index contributed by atoms with van der Waals surface area (Å²) < 4.78 is 10.0. The first-order valence-electron chi connectivity index (χ1n) is 7.53. The fourth-order valence-corrected chi connectivity index (χ4v) is 2.82. The van der Waals surface area contributed by atoms with Crippen LogP contribution in [0.1, 0.15) is 38.2 Å². The zero-order valence-electron chi connectivity index (χ0n) is 13.3. The molecule has 4 nitrogen and oxygen atoms in total. The van der Waals surface area contributed by atoms with Gasteiger partial charge in [-0.1, -0.05) is 26.0 Å². The zero-order valence-corrected chi connectivity index (χ0v) is 13.3. The Labute approximate surface area is 126 Å². The number of nitrogens with one attached hydrogen (secondary N) is 1. The second-order valence-electron chi connectivity index (χ2n) is 6.05. The lowest BCUT2D eigenvalue weighted by atomic mass is 9.75. The Morgan fingerprint density at radius 1 is 1.19 bits per heavy atom. The van der Waals surface area contributed by atoms with Gasteiger partial charge in [0.25, 0.3) is 0 Å². The van der Waals surface area contributed by atoms with Crippen molar-refractivity contribution in [3.8, 4) is 5.75 Å². The minimum Gasteiger partial charge on any atom is -0.497 e. The first kappa shape index (κ1) is 15.8. The van der Waals surface area contributed by atoms with Gasteiger partial charge in [0.1, 0.15) is 11.8 Å². The van der Waals surface area contributed by atoms with Crippen LogP contribution < -0.4 is 10.1 Å². The van der Waals surface area contributed by atoms with Gasteiger partial charge in [-0.15, -0.1) is 0 Å². The molecule has 1 saturated carbocycles.